The molecule has 33 heavy (non-hydrogen) atoms. The molecule has 0 spiro atoms. The second-order valence-electron chi connectivity index (χ2n) is 7.27. The van der Waals surface area contributed by atoms with E-state index in [1.807, 2.05) is 12.1 Å². The first-order valence-corrected chi connectivity index (χ1v) is 16.2. The van der Waals surface area contributed by atoms with Gasteiger partial charge in [-0.25, -0.2) is 8.42 Å². The summed E-state index contributed by atoms with van der Waals surface area (Å²) in [6.45, 7) is 0. The van der Waals surface area contributed by atoms with Crippen LogP contribution in [-0.2, 0) is 19.7 Å². The van der Waals surface area contributed by atoms with E-state index in [0.29, 0.717) is 31.4 Å². The summed E-state index contributed by atoms with van der Waals surface area (Å²) in [5, 5.41) is 0. The monoisotopic (exact) mass is 1030 g/mol. The number of esters is 2. The SMILES string of the molecule is O=C(Oc1cc(I)c(S(=O)(=O)[O-])c(I)c1)C1CCCC(C(=O)Oc2c(I)cc(I)cc2I)C1. The van der Waals surface area contributed by atoms with Gasteiger partial charge >= 0.3 is 11.9 Å². The maximum absolute atomic E-state index is 12.8. The molecule has 0 amide bonds. The number of rotatable bonds is 5. The zero-order valence-corrected chi connectivity index (χ0v) is 28.1. The van der Waals surface area contributed by atoms with E-state index in [1.54, 1.807) is 45.2 Å². The van der Waals surface area contributed by atoms with Crippen molar-refractivity contribution in [2.45, 2.75) is 30.6 Å². The van der Waals surface area contributed by atoms with E-state index < -0.39 is 27.9 Å². The van der Waals surface area contributed by atoms with Gasteiger partial charge in [0.1, 0.15) is 15.9 Å². The van der Waals surface area contributed by atoms with Crippen LogP contribution in [0.2, 0.25) is 0 Å². The van der Waals surface area contributed by atoms with Gasteiger partial charge < -0.3 is 14.0 Å². The third-order valence-corrected chi connectivity index (χ3v) is 10.5. The summed E-state index contributed by atoms with van der Waals surface area (Å²) in [5.74, 6) is -1.06. The van der Waals surface area contributed by atoms with Crippen LogP contribution in [0, 0.1) is 29.7 Å². The molecule has 1 aliphatic carbocycles. The first-order valence-electron chi connectivity index (χ1n) is 9.39. The molecule has 2 atom stereocenters. The Balaban J connectivity index is 1.69. The highest BCUT2D eigenvalue weighted by Gasteiger charge is 2.34. The topological polar surface area (TPSA) is 110 Å². The summed E-state index contributed by atoms with van der Waals surface area (Å²) in [6.07, 6.45) is 2.22. The minimum absolute atomic E-state index is 0.161. The van der Waals surface area contributed by atoms with Crippen molar-refractivity contribution < 1.29 is 32.0 Å². The molecular weight excluding hydrogens is 1020 g/mol. The molecule has 7 nitrogen and oxygen atoms in total. The highest BCUT2D eigenvalue weighted by Crippen LogP contribution is 2.35. The largest absolute Gasteiger partial charge is 0.744 e. The van der Waals surface area contributed by atoms with Crippen LogP contribution in [0.25, 0.3) is 0 Å². The molecule has 0 aliphatic heterocycles. The fourth-order valence-electron chi connectivity index (χ4n) is 3.46. The van der Waals surface area contributed by atoms with Crippen molar-refractivity contribution in [3.8, 4) is 11.5 Å². The second kappa shape index (κ2) is 12.0. The molecule has 1 fully saturated rings. The highest BCUT2D eigenvalue weighted by molar-refractivity contribution is 14.1. The van der Waals surface area contributed by atoms with Gasteiger partial charge in [-0.15, -0.1) is 0 Å². The van der Waals surface area contributed by atoms with Crippen LogP contribution < -0.4 is 9.47 Å². The van der Waals surface area contributed by atoms with Gasteiger partial charge in [0.25, 0.3) is 0 Å². The Morgan fingerprint density at radius 1 is 0.818 bits per heavy atom. The van der Waals surface area contributed by atoms with Crippen LogP contribution in [0.15, 0.2) is 29.2 Å². The maximum Gasteiger partial charge on any atom is 0.314 e. The minimum atomic E-state index is -4.64. The van der Waals surface area contributed by atoms with Crippen molar-refractivity contribution in [1.82, 2.24) is 0 Å². The average molecular weight is 1030 g/mol. The lowest BCUT2D eigenvalue weighted by atomic mass is 9.81. The Hall–Kier alpha value is 0.940. The fourth-order valence-corrected chi connectivity index (χ4v) is 11.2. The van der Waals surface area contributed by atoms with Crippen LogP contribution in [0.3, 0.4) is 0 Å². The summed E-state index contributed by atoms with van der Waals surface area (Å²) >= 11 is 9.94. The molecule has 0 aromatic heterocycles. The summed E-state index contributed by atoms with van der Waals surface area (Å²) in [5.41, 5.74) is 0. The molecule has 13 heteroatoms. The molecular formula is C20H14I5O7S-. The zero-order chi connectivity index (χ0) is 24.5. The standard InChI is InChI=1S/C20H15I5O7S/c21-11-5-13(22)17(14(23)6-11)32-20(27)10-3-1-2-9(4-10)19(26)31-12-7-15(24)18(16(25)8-12)33(28,29)30/h5-10H,1-4H2,(H,28,29,30)/p-1. The lowest BCUT2D eigenvalue weighted by molar-refractivity contribution is -0.145. The van der Waals surface area contributed by atoms with E-state index in [-0.39, 0.29) is 23.8 Å². The molecule has 1 aliphatic rings. The molecule has 0 N–H and O–H groups in total. The summed E-state index contributed by atoms with van der Waals surface area (Å²) in [7, 11) is -4.64. The molecule has 0 bridgehead atoms. The van der Waals surface area contributed by atoms with Crippen molar-refractivity contribution in [1.29, 1.82) is 0 Å². The van der Waals surface area contributed by atoms with Crippen molar-refractivity contribution in [2.75, 3.05) is 0 Å². The van der Waals surface area contributed by atoms with Gasteiger partial charge in [-0.3, -0.25) is 9.59 Å². The summed E-state index contributed by atoms with van der Waals surface area (Å²) < 4.78 is 48.6. The normalized spacial score (nSPS) is 18.6. The number of hydrogen-bond acceptors (Lipinski definition) is 7. The first-order chi connectivity index (χ1) is 15.4. The van der Waals surface area contributed by atoms with Crippen LogP contribution in [0.1, 0.15) is 25.7 Å². The van der Waals surface area contributed by atoms with Crippen LogP contribution in [-0.4, -0.2) is 24.9 Å². The van der Waals surface area contributed by atoms with E-state index >= 15 is 0 Å². The van der Waals surface area contributed by atoms with Gasteiger partial charge in [0, 0.05) is 10.7 Å². The highest BCUT2D eigenvalue weighted by atomic mass is 127. The minimum Gasteiger partial charge on any atom is -0.744 e. The lowest BCUT2D eigenvalue weighted by Gasteiger charge is -2.26. The number of hydrogen-bond donors (Lipinski definition) is 0. The third kappa shape index (κ3) is 7.48. The van der Waals surface area contributed by atoms with E-state index in [2.05, 4.69) is 67.8 Å². The van der Waals surface area contributed by atoms with Gasteiger partial charge in [-0.1, -0.05) is 6.42 Å². The zero-order valence-electron chi connectivity index (χ0n) is 16.4. The van der Waals surface area contributed by atoms with Crippen molar-refractivity contribution in [2.24, 2.45) is 11.8 Å². The van der Waals surface area contributed by atoms with E-state index in [0.717, 1.165) is 10.7 Å². The first kappa shape index (κ1) is 28.5. The van der Waals surface area contributed by atoms with E-state index in [4.69, 9.17) is 9.47 Å². The molecule has 1 saturated carbocycles. The molecule has 2 aromatic carbocycles. The van der Waals surface area contributed by atoms with Gasteiger partial charge in [-0.2, -0.15) is 0 Å². The predicted octanol–water partition coefficient (Wildman–Crippen LogP) is 5.93. The summed E-state index contributed by atoms with van der Waals surface area (Å²) in [6, 6.07) is 6.55. The number of carbonyl (C=O) groups excluding carboxylic acids is 2. The van der Waals surface area contributed by atoms with Crippen molar-refractivity contribution in [3.05, 3.63) is 42.1 Å². The van der Waals surface area contributed by atoms with E-state index in [9.17, 15) is 22.6 Å². The Bertz CT molecular complexity index is 1170. The molecule has 3 rings (SSSR count). The Morgan fingerprint density at radius 3 is 1.79 bits per heavy atom. The van der Waals surface area contributed by atoms with E-state index in [1.165, 1.54) is 12.1 Å². The third-order valence-electron chi connectivity index (χ3n) is 4.95. The Kier molecular flexibility index (Phi) is 10.4. The average Bonchev–Trinajstić information content (AvgIpc) is 2.69. The molecule has 2 aromatic rings. The van der Waals surface area contributed by atoms with Crippen molar-refractivity contribution >= 4 is 135 Å². The van der Waals surface area contributed by atoms with Gasteiger partial charge in [0.05, 0.1) is 23.9 Å². The predicted molar refractivity (Wildman–Crippen MR) is 161 cm³/mol. The second-order valence-corrected chi connectivity index (χ2v) is 14.5. The lowest BCUT2D eigenvalue weighted by Crippen LogP contribution is -2.32. The molecule has 0 saturated heterocycles. The van der Waals surface area contributed by atoms with Gasteiger partial charge in [0.15, 0.2) is 5.75 Å². The number of benzene rings is 2. The summed E-state index contributed by atoms with van der Waals surface area (Å²) in [4.78, 5) is 25.3. The number of ether oxygens (including phenoxy) is 2. The van der Waals surface area contributed by atoms with Gasteiger partial charge in [-0.05, 0) is 156 Å². The Morgan fingerprint density at radius 2 is 1.30 bits per heavy atom. The van der Waals surface area contributed by atoms with Gasteiger partial charge in [0.2, 0.25) is 0 Å². The van der Waals surface area contributed by atoms with Crippen molar-refractivity contribution in [3.63, 3.8) is 0 Å². The number of halogens is 5. The molecule has 2 unspecified atom stereocenters. The quantitative estimate of drug-likeness (QED) is 0.158. The molecule has 0 heterocycles. The number of carbonyl (C=O) groups is 2. The fraction of sp³-hybridized carbons (Fsp3) is 0.300. The van der Waals surface area contributed by atoms with Crippen LogP contribution in [0.4, 0.5) is 0 Å². The smallest absolute Gasteiger partial charge is 0.314 e. The van der Waals surface area contributed by atoms with Crippen LogP contribution in [0.5, 0.6) is 11.5 Å². The van der Waals surface area contributed by atoms with Crippen LogP contribution >= 0.6 is 113 Å². The Labute approximate surface area is 259 Å². The maximum atomic E-state index is 12.8. The molecule has 0 radical (unpaired) electrons. The molecule has 178 valence electrons.